The van der Waals surface area contributed by atoms with E-state index in [1.165, 1.54) is 18.1 Å². The Bertz CT molecular complexity index is 580. The highest BCUT2D eigenvalue weighted by atomic mass is 16.5. The number of aromatic carboxylic acids is 1. The van der Waals surface area contributed by atoms with Crippen LogP contribution in [0.5, 0.6) is 0 Å². The average molecular weight is 295 g/mol. The van der Waals surface area contributed by atoms with E-state index >= 15 is 0 Å². The normalized spacial score (nSPS) is 17.6. The van der Waals surface area contributed by atoms with Gasteiger partial charge in [-0.25, -0.2) is 14.4 Å². The Balaban J connectivity index is 2.14. The second kappa shape index (κ2) is 5.86. The van der Waals surface area contributed by atoms with Crippen LogP contribution in [0.15, 0.2) is 6.07 Å². The van der Waals surface area contributed by atoms with Gasteiger partial charge in [-0.3, -0.25) is 0 Å². The molecular weight excluding hydrogens is 278 g/mol. The van der Waals surface area contributed by atoms with Gasteiger partial charge in [0.15, 0.2) is 0 Å². The number of amides is 2. The quantitative estimate of drug-likeness (QED) is 0.725. The van der Waals surface area contributed by atoms with Crippen LogP contribution in [0.4, 0.5) is 10.5 Å². The maximum Gasteiger partial charge on any atom is 0.354 e. The molecule has 0 aliphatic carbocycles. The third kappa shape index (κ3) is 2.99. The first-order valence-corrected chi connectivity index (χ1v) is 6.52. The van der Waals surface area contributed by atoms with Gasteiger partial charge in [-0.15, -0.1) is 0 Å². The van der Waals surface area contributed by atoms with E-state index in [0.29, 0.717) is 25.1 Å². The number of carboxylic acids is 1. The van der Waals surface area contributed by atoms with Crippen LogP contribution < -0.4 is 5.32 Å². The maximum absolute atomic E-state index is 12.2. The van der Waals surface area contributed by atoms with Gasteiger partial charge in [-0.1, -0.05) is 0 Å². The fourth-order valence-electron chi connectivity index (χ4n) is 2.43. The number of aryl methyl sites for hydroxylation is 1. The van der Waals surface area contributed by atoms with Gasteiger partial charge in [0.2, 0.25) is 0 Å². The van der Waals surface area contributed by atoms with Crippen LogP contribution in [-0.4, -0.2) is 52.7 Å². The molecule has 2 rings (SSSR count). The molecule has 1 saturated heterocycles. The van der Waals surface area contributed by atoms with Crippen molar-refractivity contribution in [3.05, 3.63) is 17.5 Å². The minimum Gasteiger partial charge on any atom is -0.477 e. The molecule has 1 atom stereocenters. The molecule has 1 aliphatic heterocycles. The van der Waals surface area contributed by atoms with E-state index in [-0.39, 0.29) is 11.4 Å². The SMILES string of the molecule is COC(=O)C1CCCN1C(=O)Nc1cc(C)[nH]c1C(=O)O. The topological polar surface area (TPSA) is 112 Å². The zero-order valence-corrected chi connectivity index (χ0v) is 11.8. The maximum atomic E-state index is 12.2. The van der Waals surface area contributed by atoms with Crippen molar-refractivity contribution in [2.45, 2.75) is 25.8 Å². The highest BCUT2D eigenvalue weighted by molar-refractivity contribution is 6.00. The summed E-state index contributed by atoms with van der Waals surface area (Å²) in [7, 11) is 1.27. The molecule has 1 fully saturated rings. The van der Waals surface area contributed by atoms with Crippen molar-refractivity contribution in [1.29, 1.82) is 0 Å². The van der Waals surface area contributed by atoms with Crippen molar-refractivity contribution in [2.75, 3.05) is 19.0 Å². The van der Waals surface area contributed by atoms with E-state index in [1.54, 1.807) is 6.92 Å². The number of likely N-dealkylation sites (tertiary alicyclic amines) is 1. The Kier molecular flexibility index (Phi) is 4.15. The predicted molar refractivity (Wildman–Crippen MR) is 73.3 cm³/mol. The highest BCUT2D eigenvalue weighted by Gasteiger charge is 2.35. The van der Waals surface area contributed by atoms with E-state index in [2.05, 4.69) is 15.0 Å². The number of esters is 1. The molecule has 0 radical (unpaired) electrons. The van der Waals surface area contributed by atoms with Crippen molar-refractivity contribution < 1.29 is 24.2 Å². The van der Waals surface area contributed by atoms with Gasteiger partial charge in [0.1, 0.15) is 11.7 Å². The summed E-state index contributed by atoms with van der Waals surface area (Å²) < 4.78 is 4.67. The number of carbonyl (C=O) groups excluding carboxylic acids is 2. The average Bonchev–Trinajstić information content (AvgIpc) is 3.04. The van der Waals surface area contributed by atoms with Crippen LogP contribution in [0.3, 0.4) is 0 Å². The lowest BCUT2D eigenvalue weighted by Gasteiger charge is -2.22. The number of ether oxygens (including phenoxy) is 1. The summed E-state index contributed by atoms with van der Waals surface area (Å²) in [5.41, 5.74) is 0.712. The third-order valence-corrected chi connectivity index (χ3v) is 3.39. The molecule has 21 heavy (non-hydrogen) atoms. The number of carboxylic acid groups (broad SMARTS) is 1. The van der Waals surface area contributed by atoms with Gasteiger partial charge in [-0.05, 0) is 25.8 Å². The minimum absolute atomic E-state index is 0.0883. The highest BCUT2D eigenvalue weighted by Crippen LogP contribution is 2.22. The predicted octanol–water partition coefficient (Wildman–Crippen LogP) is 1.19. The number of nitrogens with zero attached hydrogens (tertiary/aromatic N) is 1. The summed E-state index contributed by atoms with van der Waals surface area (Å²) >= 11 is 0. The molecule has 1 aromatic heterocycles. The van der Waals surface area contributed by atoms with Crippen molar-refractivity contribution >= 4 is 23.7 Å². The number of rotatable bonds is 3. The monoisotopic (exact) mass is 295 g/mol. The van der Waals surface area contributed by atoms with Crippen molar-refractivity contribution in [1.82, 2.24) is 9.88 Å². The number of hydrogen-bond donors (Lipinski definition) is 3. The van der Waals surface area contributed by atoms with Gasteiger partial charge in [0, 0.05) is 12.2 Å². The van der Waals surface area contributed by atoms with Gasteiger partial charge < -0.3 is 25.0 Å². The second-order valence-corrected chi connectivity index (χ2v) is 4.85. The van der Waals surface area contributed by atoms with Crippen molar-refractivity contribution in [3.63, 3.8) is 0 Å². The lowest BCUT2D eigenvalue weighted by molar-refractivity contribution is -0.144. The first-order valence-electron chi connectivity index (χ1n) is 6.52. The number of aromatic nitrogens is 1. The van der Waals surface area contributed by atoms with E-state index < -0.39 is 24.0 Å². The van der Waals surface area contributed by atoms with E-state index in [4.69, 9.17) is 5.11 Å². The second-order valence-electron chi connectivity index (χ2n) is 4.85. The minimum atomic E-state index is -1.16. The number of H-pyrrole nitrogens is 1. The fourth-order valence-corrected chi connectivity index (χ4v) is 2.43. The summed E-state index contributed by atoms with van der Waals surface area (Å²) in [6, 6.07) is 0.401. The van der Waals surface area contributed by atoms with Crippen LogP contribution in [-0.2, 0) is 9.53 Å². The Morgan fingerprint density at radius 3 is 2.81 bits per heavy atom. The molecular formula is C13H17N3O5. The number of urea groups is 1. The molecule has 0 saturated carbocycles. The molecule has 1 aliphatic rings. The number of methoxy groups -OCH3 is 1. The number of hydrogen-bond acceptors (Lipinski definition) is 4. The molecule has 8 heteroatoms. The molecule has 0 aromatic carbocycles. The summed E-state index contributed by atoms with van der Waals surface area (Å²) in [4.78, 5) is 39.0. The summed E-state index contributed by atoms with van der Waals surface area (Å²) in [6.45, 7) is 2.12. The van der Waals surface area contributed by atoms with Crippen LogP contribution >= 0.6 is 0 Å². The van der Waals surface area contributed by atoms with E-state index in [0.717, 1.165) is 0 Å². The van der Waals surface area contributed by atoms with Crippen LogP contribution in [0, 0.1) is 6.92 Å². The van der Waals surface area contributed by atoms with Crippen LogP contribution in [0.1, 0.15) is 29.0 Å². The third-order valence-electron chi connectivity index (χ3n) is 3.39. The Hall–Kier alpha value is -2.51. The molecule has 2 amide bonds. The summed E-state index contributed by atoms with van der Waals surface area (Å²) in [5.74, 6) is -1.63. The largest absolute Gasteiger partial charge is 0.477 e. The fraction of sp³-hybridized carbons (Fsp3) is 0.462. The smallest absolute Gasteiger partial charge is 0.354 e. The Labute approximate surface area is 121 Å². The molecule has 2 heterocycles. The molecule has 8 nitrogen and oxygen atoms in total. The molecule has 114 valence electrons. The zero-order chi connectivity index (χ0) is 15.6. The van der Waals surface area contributed by atoms with E-state index in [9.17, 15) is 14.4 Å². The van der Waals surface area contributed by atoms with Crippen LogP contribution in [0.2, 0.25) is 0 Å². The molecule has 0 bridgehead atoms. The molecule has 3 N–H and O–H groups in total. The van der Waals surface area contributed by atoms with E-state index in [1.807, 2.05) is 0 Å². The Morgan fingerprint density at radius 2 is 2.19 bits per heavy atom. The lowest BCUT2D eigenvalue weighted by Crippen LogP contribution is -2.43. The van der Waals surface area contributed by atoms with Gasteiger partial charge in [-0.2, -0.15) is 0 Å². The number of aromatic amines is 1. The molecule has 0 spiro atoms. The van der Waals surface area contributed by atoms with Crippen LogP contribution in [0.25, 0.3) is 0 Å². The molecule has 1 aromatic rings. The lowest BCUT2D eigenvalue weighted by atomic mass is 10.2. The number of carbonyl (C=O) groups is 3. The van der Waals surface area contributed by atoms with Gasteiger partial charge in [0.05, 0.1) is 12.8 Å². The summed E-state index contributed by atoms with van der Waals surface area (Å²) in [6.07, 6.45) is 1.24. The summed E-state index contributed by atoms with van der Waals surface area (Å²) in [5, 5.41) is 11.6. The first-order chi connectivity index (χ1) is 9.93. The first kappa shape index (κ1) is 14.9. The number of anilines is 1. The van der Waals surface area contributed by atoms with Crippen molar-refractivity contribution in [3.8, 4) is 0 Å². The standard InChI is InChI=1S/C13H17N3O5/c1-7-6-8(10(14-7)11(17)18)15-13(20)16-5-3-4-9(16)12(19)21-2/h6,9,14H,3-5H2,1-2H3,(H,15,20)(H,17,18). The molecule has 1 unspecified atom stereocenters. The van der Waals surface area contributed by atoms with Gasteiger partial charge in [0.25, 0.3) is 0 Å². The zero-order valence-electron chi connectivity index (χ0n) is 11.8. The van der Waals surface area contributed by atoms with Gasteiger partial charge >= 0.3 is 18.0 Å². The Morgan fingerprint density at radius 1 is 1.48 bits per heavy atom. The van der Waals surface area contributed by atoms with Crippen molar-refractivity contribution in [2.24, 2.45) is 0 Å². The number of nitrogens with one attached hydrogen (secondary N) is 2.